The van der Waals surface area contributed by atoms with E-state index in [-0.39, 0.29) is 36.1 Å². The lowest BCUT2D eigenvalue weighted by Crippen LogP contribution is -2.38. The molecule has 0 radical (unpaired) electrons. The molecule has 6 nitrogen and oxygen atoms in total. The van der Waals surface area contributed by atoms with Crippen LogP contribution in [0.15, 0.2) is 17.5 Å². The van der Waals surface area contributed by atoms with E-state index in [0.29, 0.717) is 13.1 Å². The van der Waals surface area contributed by atoms with Crippen LogP contribution < -0.4 is 16.0 Å². The molecule has 0 aliphatic rings. The van der Waals surface area contributed by atoms with Crippen LogP contribution in [0.1, 0.15) is 38.1 Å². The van der Waals surface area contributed by atoms with Crippen molar-refractivity contribution in [3.63, 3.8) is 0 Å². The average Bonchev–Trinajstić information content (AvgIpc) is 2.96. The molecule has 0 saturated heterocycles. The number of thiophene rings is 1. The Hall–Kier alpha value is -1.89. The van der Waals surface area contributed by atoms with Crippen LogP contribution in [0.5, 0.6) is 0 Å². The van der Waals surface area contributed by atoms with Gasteiger partial charge in [-0.25, -0.2) is 0 Å². The van der Waals surface area contributed by atoms with Gasteiger partial charge in [-0.2, -0.15) is 0 Å². The van der Waals surface area contributed by atoms with Crippen LogP contribution >= 0.6 is 11.3 Å². The van der Waals surface area contributed by atoms with Crippen molar-refractivity contribution in [2.24, 2.45) is 5.92 Å². The number of hydrogen-bond donors (Lipinski definition) is 3. The van der Waals surface area contributed by atoms with Gasteiger partial charge in [-0.1, -0.05) is 19.9 Å². The largest absolute Gasteiger partial charge is 0.354 e. The molecule has 0 saturated carbocycles. The van der Waals surface area contributed by atoms with Gasteiger partial charge in [0.05, 0.1) is 12.5 Å². The summed E-state index contributed by atoms with van der Waals surface area (Å²) in [4.78, 5) is 35.5. The first-order valence-corrected chi connectivity index (χ1v) is 8.13. The molecule has 3 amide bonds. The average molecular weight is 325 g/mol. The Morgan fingerprint density at radius 2 is 1.86 bits per heavy atom. The second-order valence-corrected chi connectivity index (χ2v) is 6.25. The van der Waals surface area contributed by atoms with Crippen LogP contribution in [0.4, 0.5) is 0 Å². The highest BCUT2D eigenvalue weighted by Crippen LogP contribution is 2.21. The highest BCUT2D eigenvalue weighted by atomic mass is 32.1. The summed E-state index contributed by atoms with van der Waals surface area (Å²) < 4.78 is 0. The van der Waals surface area contributed by atoms with E-state index in [1.807, 2.05) is 31.4 Å². The maximum atomic E-state index is 11.9. The summed E-state index contributed by atoms with van der Waals surface area (Å²) in [6, 6.07) is 3.46. The fourth-order valence-corrected chi connectivity index (χ4v) is 2.58. The minimum Gasteiger partial charge on any atom is -0.354 e. The third-order valence-electron chi connectivity index (χ3n) is 2.92. The molecular formula is C15H23N3O3S. The Labute approximate surface area is 134 Å². The smallest absolute Gasteiger partial charge is 0.222 e. The molecule has 1 rings (SSSR count). The maximum absolute atomic E-state index is 11.9. The third-order valence-corrected chi connectivity index (χ3v) is 3.91. The number of nitrogens with one attached hydrogen (secondary N) is 3. The van der Waals surface area contributed by atoms with Crippen LogP contribution in [0, 0.1) is 5.92 Å². The summed E-state index contributed by atoms with van der Waals surface area (Å²) in [5.74, 6) is -0.441. The third kappa shape index (κ3) is 6.71. The number of hydrogen-bond acceptors (Lipinski definition) is 4. The summed E-state index contributed by atoms with van der Waals surface area (Å²) in [5, 5.41) is 10.2. The Balaban J connectivity index is 2.38. The summed E-state index contributed by atoms with van der Waals surface area (Å²) in [5.41, 5.74) is 0. The molecule has 1 aromatic rings. The zero-order valence-electron chi connectivity index (χ0n) is 13.1. The lowest BCUT2D eigenvalue weighted by molar-refractivity contribution is -0.125. The van der Waals surface area contributed by atoms with E-state index in [0.717, 1.165) is 4.88 Å². The van der Waals surface area contributed by atoms with Crippen molar-refractivity contribution in [2.45, 2.75) is 33.2 Å². The van der Waals surface area contributed by atoms with Crippen molar-refractivity contribution in [1.82, 2.24) is 16.0 Å². The fraction of sp³-hybridized carbons (Fsp3) is 0.533. The van der Waals surface area contributed by atoms with Crippen molar-refractivity contribution < 1.29 is 14.4 Å². The van der Waals surface area contributed by atoms with Crippen molar-refractivity contribution >= 4 is 29.1 Å². The minimum atomic E-state index is -0.317. The standard InChI is InChI=1S/C15H23N3O3S/c1-10(2)15(21)17-7-6-16-14(20)9-12(18-11(3)19)13-5-4-8-22-13/h4-5,8,10,12H,6-7,9H2,1-3H3,(H,16,20)(H,17,21)(H,18,19). The second kappa shape index (κ2) is 9.19. The van der Waals surface area contributed by atoms with Gasteiger partial charge in [0, 0.05) is 30.8 Å². The van der Waals surface area contributed by atoms with Gasteiger partial charge >= 0.3 is 0 Å². The molecule has 3 N–H and O–H groups in total. The predicted octanol–water partition coefficient (Wildman–Crippen LogP) is 1.20. The predicted molar refractivity (Wildman–Crippen MR) is 86.4 cm³/mol. The van der Waals surface area contributed by atoms with Crippen molar-refractivity contribution in [2.75, 3.05) is 13.1 Å². The van der Waals surface area contributed by atoms with Crippen LogP contribution in [-0.4, -0.2) is 30.8 Å². The Bertz CT molecular complexity index is 500. The fourth-order valence-electron chi connectivity index (χ4n) is 1.81. The lowest BCUT2D eigenvalue weighted by atomic mass is 10.1. The van der Waals surface area contributed by atoms with Crippen molar-refractivity contribution in [1.29, 1.82) is 0 Å². The second-order valence-electron chi connectivity index (χ2n) is 5.27. The summed E-state index contributed by atoms with van der Waals surface area (Å²) in [6.45, 7) is 5.82. The maximum Gasteiger partial charge on any atom is 0.222 e. The van der Waals surface area contributed by atoms with Gasteiger partial charge in [-0.05, 0) is 11.4 Å². The van der Waals surface area contributed by atoms with E-state index in [2.05, 4.69) is 16.0 Å². The molecule has 0 aromatic carbocycles. The van der Waals surface area contributed by atoms with E-state index in [4.69, 9.17) is 0 Å². The first-order valence-electron chi connectivity index (χ1n) is 7.25. The van der Waals surface area contributed by atoms with Crippen LogP contribution in [0.2, 0.25) is 0 Å². The summed E-state index contributed by atoms with van der Waals surface area (Å²) in [6.07, 6.45) is 0.179. The Morgan fingerprint density at radius 3 is 2.41 bits per heavy atom. The van der Waals surface area contributed by atoms with Gasteiger partial charge in [-0.3, -0.25) is 14.4 Å². The minimum absolute atomic E-state index is 0.0380. The molecule has 0 aliphatic heterocycles. The monoisotopic (exact) mass is 325 g/mol. The van der Waals surface area contributed by atoms with E-state index in [9.17, 15) is 14.4 Å². The molecule has 0 spiro atoms. The molecule has 22 heavy (non-hydrogen) atoms. The first-order chi connectivity index (χ1) is 10.4. The normalized spacial score (nSPS) is 11.8. The molecule has 0 bridgehead atoms. The molecule has 122 valence electrons. The van der Waals surface area contributed by atoms with Crippen LogP contribution in [0.25, 0.3) is 0 Å². The van der Waals surface area contributed by atoms with E-state index >= 15 is 0 Å². The van der Waals surface area contributed by atoms with Gasteiger partial charge in [-0.15, -0.1) is 11.3 Å². The Kier molecular flexibility index (Phi) is 7.59. The highest BCUT2D eigenvalue weighted by molar-refractivity contribution is 7.10. The molecule has 0 aliphatic carbocycles. The zero-order valence-corrected chi connectivity index (χ0v) is 14.0. The molecule has 0 fully saturated rings. The lowest BCUT2D eigenvalue weighted by Gasteiger charge is -2.16. The molecule has 1 aromatic heterocycles. The van der Waals surface area contributed by atoms with Gasteiger partial charge in [0.25, 0.3) is 0 Å². The number of carbonyl (C=O) groups is 3. The van der Waals surface area contributed by atoms with Crippen LogP contribution in [0.3, 0.4) is 0 Å². The topological polar surface area (TPSA) is 87.3 Å². The van der Waals surface area contributed by atoms with Gasteiger partial charge in [0.15, 0.2) is 0 Å². The summed E-state index contributed by atoms with van der Waals surface area (Å²) in [7, 11) is 0. The quantitative estimate of drug-likeness (QED) is 0.628. The van der Waals surface area contributed by atoms with Crippen molar-refractivity contribution in [3.05, 3.63) is 22.4 Å². The molecular weight excluding hydrogens is 302 g/mol. The SMILES string of the molecule is CC(=O)NC(CC(=O)NCCNC(=O)C(C)C)c1cccs1. The molecule has 1 unspecified atom stereocenters. The van der Waals surface area contributed by atoms with Crippen LogP contribution in [-0.2, 0) is 14.4 Å². The number of carbonyl (C=O) groups excluding carboxylic acids is 3. The highest BCUT2D eigenvalue weighted by Gasteiger charge is 2.17. The molecule has 1 heterocycles. The first kappa shape index (κ1) is 18.2. The van der Waals surface area contributed by atoms with Gasteiger partial charge in [0.2, 0.25) is 17.7 Å². The number of amides is 3. The van der Waals surface area contributed by atoms with Gasteiger partial charge in [0.1, 0.15) is 0 Å². The number of rotatable bonds is 8. The molecule has 1 atom stereocenters. The molecule has 7 heteroatoms. The van der Waals surface area contributed by atoms with E-state index < -0.39 is 0 Å². The van der Waals surface area contributed by atoms with E-state index in [1.165, 1.54) is 18.3 Å². The zero-order chi connectivity index (χ0) is 16.5. The van der Waals surface area contributed by atoms with E-state index in [1.54, 1.807) is 0 Å². The van der Waals surface area contributed by atoms with Gasteiger partial charge < -0.3 is 16.0 Å². The summed E-state index contributed by atoms with van der Waals surface area (Å²) >= 11 is 1.50. The Morgan fingerprint density at radius 1 is 1.18 bits per heavy atom. The van der Waals surface area contributed by atoms with Crippen molar-refractivity contribution in [3.8, 4) is 0 Å².